The molecule has 0 saturated carbocycles. The Balaban J connectivity index is 0.000000278. The molecule has 4 atom stereocenters. The summed E-state index contributed by atoms with van der Waals surface area (Å²) < 4.78 is 45.0. The van der Waals surface area contributed by atoms with Crippen LogP contribution >= 0.6 is 0 Å². The van der Waals surface area contributed by atoms with Gasteiger partial charge in [-0.2, -0.15) is 9.97 Å². The Hall–Kier alpha value is -5.53. The normalized spacial score (nSPS) is 18.8. The molecule has 2 aromatic heterocycles. The molecule has 0 unspecified atom stereocenters. The maximum atomic E-state index is 12.8. The van der Waals surface area contributed by atoms with Crippen molar-refractivity contribution in [1.29, 1.82) is 0 Å². The molecule has 2 saturated heterocycles. The van der Waals surface area contributed by atoms with Crippen LogP contribution < -0.4 is 22.8 Å². The van der Waals surface area contributed by atoms with Crippen molar-refractivity contribution in [3.05, 3.63) is 115 Å². The number of aromatic carboxylic acids is 1. The van der Waals surface area contributed by atoms with Gasteiger partial charge >= 0.3 is 23.3 Å². The summed E-state index contributed by atoms with van der Waals surface area (Å²) in [6.45, 7) is 25.3. The first-order chi connectivity index (χ1) is 30.5. The number of hydrogen-bond acceptors (Lipinski definition) is 14. The lowest BCUT2D eigenvalue weighted by Crippen LogP contribution is -2.29. The summed E-state index contributed by atoms with van der Waals surface area (Å²) in [6.07, 6.45) is 0.326. The molecule has 4 aromatic rings. The van der Waals surface area contributed by atoms with Crippen molar-refractivity contribution < 1.29 is 49.2 Å². The van der Waals surface area contributed by atoms with E-state index in [9.17, 15) is 23.6 Å². The van der Waals surface area contributed by atoms with E-state index in [-0.39, 0.29) is 59.7 Å². The summed E-state index contributed by atoms with van der Waals surface area (Å²) in [6, 6.07) is 14.6. The van der Waals surface area contributed by atoms with Crippen molar-refractivity contribution in [1.82, 2.24) is 19.1 Å². The third-order valence-corrected chi connectivity index (χ3v) is 10.1. The first-order valence-electron chi connectivity index (χ1n) is 21.6. The number of esters is 1. The van der Waals surface area contributed by atoms with E-state index in [0.29, 0.717) is 11.1 Å². The minimum Gasteiger partial charge on any atom is -0.478 e. The number of nitrogen functional groups attached to an aromatic ring is 2. The molecule has 0 bridgehead atoms. The van der Waals surface area contributed by atoms with Gasteiger partial charge in [0.05, 0.1) is 39.5 Å². The Morgan fingerprint density at radius 3 is 1.38 bits per heavy atom. The number of hydrogen-bond donors (Lipinski definition) is 4. The van der Waals surface area contributed by atoms with Gasteiger partial charge in [-0.1, -0.05) is 95.2 Å². The van der Waals surface area contributed by atoms with Crippen molar-refractivity contribution >= 4 is 23.6 Å². The Bertz CT molecular complexity index is 2320. The van der Waals surface area contributed by atoms with Crippen LogP contribution in [-0.4, -0.2) is 87.4 Å². The lowest BCUT2D eigenvalue weighted by Gasteiger charge is -2.26. The molecule has 2 fully saturated rings. The first-order valence-corrected chi connectivity index (χ1v) is 20.9. The molecular weight excluding hydrogens is 844 g/mol. The number of carboxylic acid groups (broad SMARTS) is 1. The number of carbonyl (C=O) groups is 2. The quantitative estimate of drug-likeness (QED) is 0.147. The third-order valence-electron chi connectivity index (χ3n) is 10.1. The number of halogens is 1. The summed E-state index contributed by atoms with van der Waals surface area (Å²) >= 11 is 0. The molecule has 2 aliphatic heterocycles. The predicted octanol–water partition coefficient (Wildman–Crippen LogP) is 6.40. The van der Waals surface area contributed by atoms with Crippen LogP contribution in [0.5, 0.6) is 0 Å². The topological polar surface area (TPSA) is 243 Å². The highest BCUT2D eigenvalue weighted by molar-refractivity contribution is 5.90. The number of aliphatic hydroxyl groups excluding tert-OH is 1. The number of alkyl halides is 1. The third kappa shape index (κ3) is 15.6. The highest BCUT2D eigenvalue weighted by Crippen LogP contribution is 2.32. The molecule has 6 N–H and O–H groups in total. The molecule has 4 heterocycles. The molecule has 358 valence electrons. The van der Waals surface area contributed by atoms with E-state index in [2.05, 4.69) is 105 Å². The van der Waals surface area contributed by atoms with Gasteiger partial charge in [-0.3, -0.25) is 13.5 Å². The first kappa shape index (κ1) is 52.1. The number of aromatic nitrogens is 4. The zero-order chi connectivity index (χ0) is 49.9. The van der Waals surface area contributed by atoms with E-state index in [0.717, 1.165) is 22.3 Å². The van der Waals surface area contributed by atoms with Crippen LogP contribution in [0.15, 0.2) is 70.5 Å². The maximum Gasteiger partial charge on any atom is 0.351 e. The second kappa shape index (κ2) is 22.1. The number of carbonyl (C=O) groups excluding carboxylic acids is 1. The van der Waals surface area contributed by atoms with Crippen LogP contribution in [0.1, 0.15) is 140 Å². The van der Waals surface area contributed by atoms with E-state index in [1.54, 1.807) is 12.1 Å². The van der Waals surface area contributed by atoms with Crippen LogP contribution in [0, 0.1) is 0 Å². The Kier molecular flexibility index (Phi) is 17.7. The van der Waals surface area contributed by atoms with E-state index in [1.165, 1.54) is 33.7 Å². The predicted molar refractivity (Wildman–Crippen MR) is 245 cm³/mol. The number of anilines is 2. The van der Waals surface area contributed by atoms with Gasteiger partial charge in [0.25, 0.3) is 0 Å². The van der Waals surface area contributed by atoms with Crippen molar-refractivity contribution in [3.8, 4) is 0 Å². The minimum atomic E-state index is -1.00. The summed E-state index contributed by atoms with van der Waals surface area (Å²) in [7, 11) is -1.00. The van der Waals surface area contributed by atoms with Crippen molar-refractivity contribution in [2.24, 2.45) is 0 Å². The fourth-order valence-corrected chi connectivity index (χ4v) is 6.11. The van der Waals surface area contributed by atoms with Gasteiger partial charge in [0.1, 0.15) is 18.2 Å². The largest absolute Gasteiger partial charge is 0.478 e. The molecule has 2 aliphatic rings. The number of nitrogens with zero attached hydrogens (tertiary/aromatic N) is 4. The Morgan fingerprint density at radius 2 is 1.06 bits per heavy atom. The van der Waals surface area contributed by atoms with Crippen LogP contribution in [-0.2, 0) is 45.3 Å². The number of nitrogens with two attached hydrogens (primary N) is 2. The Morgan fingerprint density at radius 1 is 0.708 bits per heavy atom. The van der Waals surface area contributed by atoms with Crippen molar-refractivity contribution in [3.63, 3.8) is 0 Å². The number of ether oxygens (including phenoxy) is 5. The Labute approximate surface area is 381 Å². The van der Waals surface area contributed by atoms with E-state index >= 15 is 0 Å². The second-order valence-electron chi connectivity index (χ2n) is 19.5. The van der Waals surface area contributed by atoms with Gasteiger partial charge < -0.3 is 45.4 Å². The summed E-state index contributed by atoms with van der Waals surface area (Å²) in [4.78, 5) is 54.5. The maximum absolute atomic E-state index is 12.8. The molecule has 0 aliphatic carbocycles. The van der Waals surface area contributed by atoms with Gasteiger partial charge in [0.2, 0.25) is 0 Å². The summed E-state index contributed by atoms with van der Waals surface area (Å²) in [5.41, 5.74) is 14.7. The second-order valence-corrected chi connectivity index (χ2v) is 19.5. The summed E-state index contributed by atoms with van der Waals surface area (Å²) in [5.74, 6) is -1.01. The lowest BCUT2D eigenvalue weighted by atomic mass is 9.79. The van der Waals surface area contributed by atoms with Crippen molar-refractivity contribution in [2.75, 3.05) is 45.0 Å². The van der Waals surface area contributed by atoms with Crippen LogP contribution in [0.3, 0.4) is 0 Å². The average Bonchev–Trinajstić information content (AvgIpc) is 3.89. The molecule has 6 rings (SSSR count). The fraction of sp³-hybridized carbons (Fsp3) is 0.532. The molecule has 0 radical (unpaired) electrons. The monoisotopic (exact) mass is 911 g/mol. The zero-order valence-corrected chi connectivity index (χ0v) is 39.5. The summed E-state index contributed by atoms with van der Waals surface area (Å²) in [5, 5.41) is 17.9. The molecule has 0 spiro atoms. The molecule has 65 heavy (non-hydrogen) atoms. The number of rotatable bonds is 7. The van der Waals surface area contributed by atoms with E-state index in [4.69, 9.17) is 46.7 Å². The molecule has 17 nitrogen and oxygen atoms in total. The van der Waals surface area contributed by atoms with Gasteiger partial charge in [-0.25, -0.2) is 19.2 Å². The van der Waals surface area contributed by atoms with Gasteiger partial charge in [0.15, 0.2) is 25.0 Å². The van der Waals surface area contributed by atoms with Gasteiger partial charge in [0, 0.05) is 12.4 Å². The average molecular weight is 912 g/mol. The molecular formula is C47H67FN6O11. The SMILES string of the molecule is CC(C)(C)c1cc(C(=O)O)cc(C(C)(C)C)c1.CC(C)(C)c1cc(C(=O)OC[C@H]2OC[C@@H](n3ccc(N)nc3=O)O2)cc(C(C)(C)C)c1.Nc1ccn([C@@H]2CO[C@H](CO)O2)c(=O)n1.[2H]CF. The zero-order valence-electron chi connectivity index (χ0n) is 40.5. The van der Waals surface area contributed by atoms with Gasteiger partial charge in [-0.15, -0.1) is 0 Å². The number of aliphatic hydroxyl groups is 1. The fourth-order valence-electron chi connectivity index (χ4n) is 6.11. The molecule has 2 aromatic carbocycles. The minimum absolute atomic E-state index is 0.0362. The van der Waals surface area contributed by atoms with Gasteiger partial charge in [-0.05, 0) is 80.3 Å². The number of carboxylic acids is 1. The number of benzene rings is 2. The standard InChI is InChI=1S/C23H31N3O5.C15H22O2.C8H11N3O4.CH3F/c1-22(2,3)15-9-14(10-16(11-15)23(4,5)6)20(27)30-13-19-29-12-18(31-19)26-8-7-17(24)25-21(26)28;1-14(2,3)11-7-10(13(16)17)8-12(9-11)15(4,5)6;9-5-1-2-11(8(13)10-5)6-4-14-7(3-12)15-6;1-2/h7-11,18-19H,12-13H2,1-6H3,(H2,24,25,28);7-9H,1-6H3,(H,16,17);1-2,6-7,12H,3-4H2,(H2,9,10,13);1H3/t18-,19-;;6-,7-;/m0.0./s1/i;;;1D. The molecule has 0 amide bonds. The van der Waals surface area contributed by atoms with Crippen molar-refractivity contribution in [2.45, 2.75) is 130 Å². The highest BCUT2D eigenvalue weighted by Gasteiger charge is 2.31. The van der Waals surface area contributed by atoms with E-state index in [1.807, 2.05) is 12.1 Å². The van der Waals surface area contributed by atoms with Crippen LogP contribution in [0.25, 0.3) is 0 Å². The van der Waals surface area contributed by atoms with E-state index < -0.39 is 55.5 Å². The van der Waals surface area contributed by atoms with Crippen LogP contribution in [0.2, 0.25) is 0 Å². The molecule has 18 heteroatoms. The smallest absolute Gasteiger partial charge is 0.351 e. The lowest BCUT2D eigenvalue weighted by molar-refractivity contribution is -0.103. The van der Waals surface area contributed by atoms with Crippen LogP contribution in [0.4, 0.5) is 16.0 Å². The highest BCUT2D eigenvalue weighted by atomic mass is 19.1.